The van der Waals surface area contributed by atoms with Gasteiger partial charge in [-0.15, -0.1) is 36.2 Å². The molecule has 4 rings (SSSR count). The third-order valence-electron chi connectivity index (χ3n) is 5.31. The predicted molar refractivity (Wildman–Crippen MR) is 123 cm³/mol. The number of thiazole rings is 1. The molecule has 1 aromatic carbocycles. The number of carbonyl (C=O) groups excluding carboxylic acids is 1. The van der Waals surface area contributed by atoms with Crippen molar-refractivity contribution in [2.24, 2.45) is 5.92 Å². The lowest BCUT2D eigenvalue weighted by Crippen LogP contribution is -2.45. The number of piperidine rings is 1. The van der Waals surface area contributed by atoms with Crippen LogP contribution in [-0.4, -0.2) is 48.1 Å². The summed E-state index contributed by atoms with van der Waals surface area (Å²) in [5, 5.41) is 6.42. The molecule has 2 aromatic rings. The molecule has 1 aromatic heterocycles. The van der Waals surface area contributed by atoms with Crippen molar-refractivity contribution >= 4 is 42.1 Å². The minimum Gasteiger partial charge on any atom is -0.494 e. The number of likely N-dealkylation sites (tertiary alicyclic amines) is 1. The molecule has 2 aliphatic rings. The summed E-state index contributed by atoms with van der Waals surface area (Å²) in [4.78, 5) is 19.3. The SMILES string of the molecule is CCOc1ccc(-c2nc(C(=O)N3CCC(NCC4CC4)CC3)cs2)cc1.Cl.Cl. The van der Waals surface area contributed by atoms with E-state index in [4.69, 9.17) is 4.74 Å². The van der Waals surface area contributed by atoms with Gasteiger partial charge >= 0.3 is 0 Å². The van der Waals surface area contributed by atoms with E-state index in [0.717, 1.165) is 54.7 Å². The third-order valence-corrected chi connectivity index (χ3v) is 6.20. The number of benzene rings is 1. The highest BCUT2D eigenvalue weighted by molar-refractivity contribution is 7.13. The van der Waals surface area contributed by atoms with E-state index in [0.29, 0.717) is 18.3 Å². The minimum atomic E-state index is 0. The Balaban J connectivity index is 0.00000150. The number of ether oxygens (including phenoxy) is 1. The molecule has 0 spiro atoms. The van der Waals surface area contributed by atoms with Crippen LogP contribution >= 0.6 is 36.2 Å². The Morgan fingerprint density at radius 3 is 2.48 bits per heavy atom. The zero-order valence-electron chi connectivity index (χ0n) is 16.6. The quantitative estimate of drug-likeness (QED) is 0.656. The second kappa shape index (κ2) is 11.2. The molecule has 1 amide bonds. The number of aromatic nitrogens is 1. The lowest BCUT2D eigenvalue weighted by Gasteiger charge is -2.32. The highest BCUT2D eigenvalue weighted by Gasteiger charge is 2.27. The molecule has 0 atom stereocenters. The fourth-order valence-corrected chi connectivity index (χ4v) is 4.27. The molecule has 2 heterocycles. The minimum absolute atomic E-state index is 0. The van der Waals surface area contributed by atoms with E-state index in [1.807, 2.05) is 41.5 Å². The smallest absolute Gasteiger partial charge is 0.273 e. The maximum atomic E-state index is 12.8. The van der Waals surface area contributed by atoms with Gasteiger partial charge in [0.1, 0.15) is 16.5 Å². The van der Waals surface area contributed by atoms with Gasteiger partial charge in [0.05, 0.1) is 6.61 Å². The Hall–Kier alpha value is -1.34. The second-order valence-electron chi connectivity index (χ2n) is 7.41. The molecule has 29 heavy (non-hydrogen) atoms. The van der Waals surface area contributed by atoms with Crippen LogP contribution in [0.2, 0.25) is 0 Å². The summed E-state index contributed by atoms with van der Waals surface area (Å²) in [6.07, 6.45) is 4.83. The van der Waals surface area contributed by atoms with Crippen LogP contribution in [0.5, 0.6) is 5.75 Å². The number of nitrogens with one attached hydrogen (secondary N) is 1. The topological polar surface area (TPSA) is 54.5 Å². The normalized spacial score (nSPS) is 16.7. The average molecular weight is 458 g/mol. The maximum absolute atomic E-state index is 12.8. The third kappa shape index (κ3) is 6.32. The first-order valence-corrected chi connectivity index (χ1v) is 10.8. The first kappa shape index (κ1) is 23.9. The van der Waals surface area contributed by atoms with Gasteiger partial charge in [-0.25, -0.2) is 4.98 Å². The monoisotopic (exact) mass is 457 g/mol. The fourth-order valence-electron chi connectivity index (χ4n) is 3.47. The molecule has 2 fully saturated rings. The molecule has 1 saturated carbocycles. The van der Waals surface area contributed by atoms with Crippen LogP contribution in [0, 0.1) is 5.92 Å². The maximum Gasteiger partial charge on any atom is 0.273 e. The first-order valence-electron chi connectivity index (χ1n) is 9.94. The highest BCUT2D eigenvalue weighted by atomic mass is 35.5. The largest absolute Gasteiger partial charge is 0.494 e. The molecule has 1 N–H and O–H groups in total. The summed E-state index contributed by atoms with van der Waals surface area (Å²) < 4.78 is 5.48. The number of hydrogen-bond acceptors (Lipinski definition) is 5. The predicted octanol–water partition coefficient (Wildman–Crippen LogP) is 4.66. The molecule has 1 aliphatic heterocycles. The number of rotatable bonds is 7. The van der Waals surface area contributed by atoms with Crippen molar-refractivity contribution in [3.05, 3.63) is 35.3 Å². The summed E-state index contributed by atoms with van der Waals surface area (Å²) in [5.41, 5.74) is 1.58. The number of amides is 1. The van der Waals surface area contributed by atoms with Crippen LogP contribution in [0.1, 0.15) is 43.1 Å². The van der Waals surface area contributed by atoms with Crippen LogP contribution in [-0.2, 0) is 0 Å². The van der Waals surface area contributed by atoms with Gasteiger partial charge in [0.2, 0.25) is 0 Å². The lowest BCUT2D eigenvalue weighted by atomic mass is 10.0. The van der Waals surface area contributed by atoms with Crippen LogP contribution in [0.3, 0.4) is 0 Å². The van der Waals surface area contributed by atoms with Crippen molar-refractivity contribution in [1.29, 1.82) is 0 Å². The molecule has 160 valence electrons. The van der Waals surface area contributed by atoms with E-state index < -0.39 is 0 Å². The van der Waals surface area contributed by atoms with E-state index >= 15 is 0 Å². The van der Waals surface area contributed by atoms with Crippen molar-refractivity contribution in [3.8, 4) is 16.3 Å². The summed E-state index contributed by atoms with van der Waals surface area (Å²) in [6, 6.07) is 8.44. The number of halogens is 2. The molecular formula is C21H29Cl2N3O2S. The van der Waals surface area contributed by atoms with Gasteiger partial charge in [-0.3, -0.25) is 4.79 Å². The Morgan fingerprint density at radius 2 is 1.86 bits per heavy atom. The number of nitrogens with zero attached hydrogens (tertiary/aromatic N) is 2. The van der Waals surface area contributed by atoms with Gasteiger partial charge in [-0.2, -0.15) is 0 Å². The van der Waals surface area contributed by atoms with Crippen molar-refractivity contribution in [2.45, 2.75) is 38.6 Å². The van der Waals surface area contributed by atoms with Crippen LogP contribution in [0.4, 0.5) is 0 Å². The number of hydrogen-bond donors (Lipinski definition) is 1. The number of carbonyl (C=O) groups is 1. The fraction of sp³-hybridized carbons (Fsp3) is 0.524. The summed E-state index contributed by atoms with van der Waals surface area (Å²) >= 11 is 1.52. The molecule has 0 unspecified atom stereocenters. The Bertz CT molecular complexity index is 772. The van der Waals surface area contributed by atoms with Gasteiger partial charge in [-0.1, -0.05) is 0 Å². The van der Waals surface area contributed by atoms with Crippen LogP contribution in [0.15, 0.2) is 29.6 Å². The first-order chi connectivity index (χ1) is 13.2. The molecule has 5 nitrogen and oxygen atoms in total. The summed E-state index contributed by atoms with van der Waals surface area (Å²) in [7, 11) is 0. The Morgan fingerprint density at radius 1 is 1.17 bits per heavy atom. The van der Waals surface area contributed by atoms with Gasteiger partial charge in [0.25, 0.3) is 5.91 Å². The van der Waals surface area contributed by atoms with Crippen molar-refractivity contribution < 1.29 is 9.53 Å². The van der Waals surface area contributed by atoms with E-state index in [2.05, 4.69) is 10.3 Å². The van der Waals surface area contributed by atoms with Crippen LogP contribution in [0.25, 0.3) is 10.6 Å². The van der Waals surface area contributed by atoms with E-state index in [9.17, 15) is 4.79 Å². The average Bonchev–Trinajstić information content (AvgIpc) is 3.41. The van der Waals surface area contributed by atoms with Crippen molar-refractivity contribution in [1.82, 2.24) is 15.2 Å². The van der Waals surface area contributed by atoms with Crippen molar-refractivity contribution in [2.75, 3.05) is 26.2 Å². The molecule has 1 aliphatic carbocycles. The highest BCUT2D eigenvalue weighted by Crippen LogP contribution is 2.29. The van der Waals surface area contributed by atoms with Crippen LogP contribution < -0.4 is 10.1 Å². The molecule has 0 bridgehead atoms. The van der Waals surface area contributed by atoms with Gasteiger partial charge in [0.15, 0.2) is 0 Å². The Kier molecular flexibility index (Phi) is 9.21. The van der Waals surface area contributed by atoms with Gasteiger partial charge in [0, 0.05) is 30.1 Å². The van der Waals surface area contributed by atoms with Gasteiger partial charge < -0.3 is 15.0 Å². The van der Waals surface area contributed by atoms with E-state index in [-0.39, 0.29) is 30.7 Å². The van der Waals surface area contributed by atoms with E-state index in [1.54, 1.807) is 0 Å². The Labute approximate surface area is 189 Å². The zero-order valence-corrected chi connectivity index (χ0v) is 19.1. The summed E-state index contributed by atoms with van der Waals surface area (Å²) in [5.74, 6) is 1.82. The zero-order chi connectivity index (χ0) is 18.6. The molecule has 8 heteroatoms. The van der Waals surface area contributed by atoms with Crippen molar-refractivity contribution in [3.63, 3.8) is 0 Å². The van der Waals surface area contributed by atoms with Gasteiger partial charge in [-0.05, 0) is 69.3 Å². The molecule has 1 saturated heterocycles. The standard InChI is InChI=1S/C21H27N3O2S.2ClH/c1-2-26-18-7-5-16(6-8-18)20-23-19(14-27-20)21(25)24-11-9-17(10-12-24)22-13-15-3-4-15;;/h5-8,14-15,17,22H,2-4,9-13H2,1H3;2*1H. The lowest BCUT2D eigenvalue weighted by molar-refractivity contribution is 0.0700. The molecule has 0 radical (unpaired) electrons. The second-order valence-corrected chi connectivity index (χ2v) is 8.27. The molecular weight excluding hydrogens is 429 g/mol. The van der Waals surface area contributed by atoms with E-state index in [1.165, 1.54) is 24.2 Å². The summed E-state index contributed by atoms with van der Waals surface area (Å²) in [6.45, 7) is 5.41.